The van der Waals surface area contributed by atoms with E-state index in [1.54, 1.807) is 48.1 Å². The predicted molar refractivity (Wildman–Crippen MR) is 129 cm³/mol. The second-order valence-electron chi connectivity index (χ2n) is 8.42. The molecule has 3 heterocycles. The first-order valence-electron chi connectivity index (χ1n) is 11.1. The molecular formula is C26H25N3O4S. The maximum Gasteiger partial charge on any atom is 0.243 e. The molecule has 2 N–H and O–H groups in total. The van der Waals surface area contributed by atoms with Crippen LogP contribution in [0.4, 0.5) is 5.69 Å². The number of aliphatic hydroxyl groups is 1. The Morgan fingerprint density at radius 2 is 1.94 bits per heavy atom. The Balaban J connectivity index is 1.54. The first-order valence-corrected chi connectivity index (χ1v) is 12.5. The Kier molecular flexibility index (Phi) is 6.00. The van der Waals surface area contributed by atoms with Crippen LogP contribution in [-0.4, -0.2) is 49.1 Å². The van der Waals surface area contributed by atoms with Crippen LogP contribution in [0.2, 0.25) is 0 Å². The van der Waals surface area contributed by atoms with Crippen molar-refractivity contribution in [1.82, 2.24) is 9.29 Å². The van der Waals surface area contributed by atoms with Gasteiger partial charge in [0.05, 0.1) is 30.7 Å². The summed E-state index contributed by atoms with van der Waals surface area (Å²) in [6.07, 6.45) is 4.06. The Hall–Kier alpha value is -3.38. The number of sulfonamides is 1. The van der Waals surface area contributed by atoms with E-state index in [-0.39, 0.29) is 29.5 Å². The lowest BCUT2D eigenvalue weighted by atomic mass is 9.83. The Bertz CT molecular complexity index is 1350. The number of hydrogen-bond donors (Lipinski definition) is 2. The number of nitrogens with zero attached hydrogens (tertiary/aromatic N) is 2. The molecule has 2 aromatic carbocycles. The summed E-state index contributed by atoms with van der Waals surface area (Å²) in [6, 6.07) is 15.3. The van der Waals surface area contributed by atoms with Gasteiger partial charge in [-0.25, -0.2) is 8.42 Å². The molecule has 5 rings (SSSR count). The zero-order chi connectivity index (χ0) is 23.7. The van der Waals surface area contributed by atoms with Crippen molar-refractivity contribution in [1.29, 1.82) is 0 Å². The minimum atomic E-state index is -3.75. The van der Waals surface area contributed by atoms with Crippen molar-refractivity contribution >= 4 is 15.7 Å². The number of aliphatic hydroxyl groups excluding tert-OH is 1. The molecule has 0 radical (unpaired) electrons. The van der Waals surface area contributed by atoms with Crippen LogP contribution >= 0.6 is 0 Å². The fraction of sp³-hybridized carbons (Fsp3) is 0.269. The zero-order valence-corrected chi connectivity index (χ0v) is 19.5. The average molecular weight is 476 g/mol. The second kappa shape index (κ2) is 9.11. The molecule has 2 aliphatic heterocycles. The fourth-order valence-corrected chi connectivity index (χ4v) is 6.50. The Labute approximate surface area is 199 Å². The summed E-state index contributed by atoms with van der Waals surface area (Å²) in [5.74, 6) is 6.82. The van der Waals surface area contributed by atoms with Crippen LogP contribution in [0.5, 0.6) is 5.75 Å². The molecule has 0 aliphatic carbocycles. The summed E-state index contributed by atoms with van der Waals surface area (Å²) in [5.41, 5.74) is 3.30. The van der Waals surface area contributed by atoms with Gasteiger partial charge in [-0.15, -0.1) is 0 Å². The van der Waals surface area contributed by atoms with Gasteiger partial charge in [-0.3, -0.25) is 4.98 Å². The summed E-state index contributed by atoms with van der Waals surface area (Å²) < 4.78 is 34.1. The van der Waals surface area contributed by atoms with Crippen LogP contribution in [0.3, 0.4) is 0 Å². The molecule has 1 saturated heterocycles. The summed E-state index contributed by atoms with van der Waals surface area (Å²) >= 11 is 0. The standard InChI is InChI=1S/C26H25N3O4S/c1-33-20-7-9-21(10-8-20)34(31,32)29-14-12-22-25(17-30)28-24-11-6-18(15-23(24)26(22)29)4-5-19-3-2-13-27-16-19/h2-3,6-11,13,15-16,22,25-26,28,30H,12,14,17H2,1H3/t22-,25+,26-/m0/s1. The van der Waals surface area contributed by atoms with Gasteiger partial charge in [0.1, 0.15) is 5.75 Å². The van der Waals surface area contributed by atoms with Crippen molar-refractivity contribution in [3.05, 3.63) is 83.7 Å². The highest BCUT2D eigenvalue weighted by molar-refractivity contribution is 7.89. The highest BCUT2D eigenvalue weighted by Gasteiger charge is 2.48. The Morgan fingerprint density at radius 3 is 2.65 bits per heavy atom. The average Bonchev–Trinajstić information content (AvgIpc) is 3.34. The van der Waals surface area contributed by atoms with Crippen LogP contribution in [-0.2, 0) is 10.0 Å². The molecule has 2 aliphatic rings. The van der Waals surface area contributed by atoms with Gasteiger partial charge in [0.2, 0.25) is 10.0 Å². The number of benzene rings is 2. The first kappa shape index (κ1) is 22.4. The molecule has 0 spiro atoms. The molecule has 0 unspecified atom stereocenters. The van der Waals surface area contributed by atoms with Gasteiger partial charge in [0.15, 0.2) is 0 Å². The zero-order valence-electron chi connectivity index (χ0n) is 18.7. The number of fused-ring (bicyclic) bond motifs is 3. The van der Waals surface area contributed by atoms with E-state index in [1.807, 2.05) is 30.3 Å². The molecule has 1 aromatic heterocycles. The van der Waals surface area contributed by atoms with Gasteiger partial charge in [0, 0.05) is 41.7 Å². The quantitative estimate of drug-likeness (QED) is 0.564. The van der Waals surface area contributed by atoms with E-state index in [2.05, 4.69) is 22.1 Å². The first-order chi connectivity index (χ1) is 16.5. The molecule has 0 saturated carbocycles. The van der Waals surface area contributed by atoms with E-state index < -0.39 is 10.0 Å². The highest BCUT2D eigenvalue weighted by Crippen LogP contribution is 2.48. The van der Waals surface area contributed by atoms with Crippen molar-refractivity contribution < 1.29 is 18.3 Å². The van der Waals surface area contributed by atoms with Crippen molar-refractivity contribution in [2.24, 2.45) is 5.92 Å². The summed E-state index contributed by atoms with van der Waals surface area (Å²) in [4.78, 5) is 4.31. The third-order valence-electron chi connectivity index (χ3n) is 6.50. The smallest absolute Gasteiger partial charge is 0.243 e. The van der Waals surface area contributed by atoms with E-state index in [0.29, 0.717) is 18.7 Å². The van der Waals surface area contributed by atoms with Crippen molar-refractivity contribution in [2.45, 2.75) is 23.4 Å². The number of nitrogens with one attached hydrogen (secondary N) is 1. The fourth-order valence-electron chi connectivity index (χ4n) is 4.83. The van der Waals surface area contributed by atoms with Gasteiger partial charge in [0.25, 0.3) is 0 Å². The lowest BCUT2D eigenvalue weighted by Crippen LogP contribution is -2.42. The number of methoxy groups -OCH3 is 1. The molecule has 174 valence electrons. The molecule has 3 aromatic rings. The summed E-state index contributed by atoms with van der Waals surface area (Å²) in [7, 11) is -2.21. The van der Waals surface area contributed by atoms with Crippen LogP contribution in [0.25, 0.3) is 0 Å². The minimum Gasteiger partial charge on any atom is -0.497 e. The number of ether oxygens (including phenoxy) is 1. The molecule has 34 heavy (non-hydrogen) atoms. The van der Waals surface area contributed by atoms with Gasteiger partial charge in [-0.05, 0) is 66.6 Å². The van der Waals surface area contributed by atoms with Crippen molar-refractivity contribution in [3.63, 3.8) is 0 Å². The van der Waals surface area contributed by atoms with E-state index in [0.717, 1.165) is 22.4 Å². The SMILES string of the molecule is COc1ccc(S(=O)(=O)N2CC[C@@H]3[C@H]2c2cc(C#Cc4cccnc4)ccc2N[C@@H]3CO)cc1. The van der Waals surface area contributed by atoms with E-state index in [1.165, 1.54) is 0 Å². The predicted octanol–water partition coefficient (Wildman–Crippen LogP) is 3.03. The topological polar surface area (TPSA) is 91.8 Å². The van der Waals surface area contributed by atoms with Crippen LogP contribution in [0.15, 0.2) is 71.9 Å². The maximum absolute atomic E-state index is 13.7. The number of pyridine rings is 1. The highest BCUT2D eigenvalue weighted by atomic mass is 32.2. The Morgan fingerprint density at radius 1 is 1.15 bits per heavy atom. The number of anilines is 1. The molecule has 8 heteroatoms. The van der Waals surface area contributed by atoms with Crippen LogP contribution in [0, 0.1) is 17.8 Å². The normalized spacial score (nSPS) is 21.5. The molecule has 3 atom stereocenters. The number of rotatable bonds is 4. The van der Waals surface area contributed by atoms with Crippen LogP contribution in [0.1, 0.15) is 29.2 Å². The lowest BCUT2D eigenvalue weighted by molar-refractivity contribution is 0.210. The maximum atomic E-state index is 13.7. The monoisotopic (exact) mass is 475 g/mol. The molecule has 0 bridgehead atoms. The summed E-state index contributed by atoms with van der Waals surface area (Å²) in [6.45, 7) is 0.312. The van der Waals surface area contributed by atoms with Gasteiger partial charge in [-0.1, -0.05) is 11.8 Å². The largest absolute Gasteiger partial charge is 0.497 e. The van der Waals surface area contributed by atoms with E-state index >= 15 is 0 Å². The second-order valence-corrected chi connectivity index (χ2v) is 10.3. The number of hydrogen-bond acceptors (Lipinski definition) is 6. The van der Waals surface area contributed by atoms with E-state index in [9.17, 15) is 13.5 Å². The molecule has 1 fully saturated rings. The van der Waals surface area contributed by atoms with Crippen molar-refractivity contribution in [3.8, 4) is 17.6 Å². The summed E-state index contributed by atoms with van der Waals surface area (Å²) in [5, 5.41) is 13.4. The lowest BCUT2D eigenvalue weighted by Gasteiger charge is -2.38. The van der Waals surface area contributed by atoms with Crippen LogP contribution < -0.4 is 10.1 Å². The molecule has 7 nitrogen and oxygen atoms in total. The van der Waals surface area contributed by atoms with Gasteiger partial charge in [-0.2, -0.15) is 4.31 Å². The van der Waals surface area contributed by atoms with Gasteiger partial charge < -0.3 is 15.2 Å². The third kappa shape index (κ3) is 4.03. The van der Waals surface area contributed by atoms with Crippen molar-refractivity contribution in [2.75, 3.05) is 25.6 Å². The van der Waals surface area contributed by atoms with Gasteiger partial charge >= 0.3 is 0 Å². The molecule has 0 amide bonds. The third-order valence-corrected chi connectivity index (χ3v) is 8.40. The minimum absolute atomic E-state index is 0.0490. The van der Waals surface area contributed by atoms with E-state index in [4.69, 9.17) is 4.74 Å². The number of aromatic nitrogens is 1. The molecular weight excluding hydrogens is 450 g/mol.